The molecule has 2 heterocycles. The van der Waals surface area contributed by atoms with Gasteiger partial charge in [-0.2, -0.15) is 0 Å². The lowest BCUT2D eigenvalue weighted by molar-refractivity contribution is 0.338. The number of nitrogens with zero attached hydrogens (tertiary/aromatic N) is 4. The van der Waals surface area contributed by atoms with Crippen LogP contribution >= 0.6 is 11.6 Å². The quantitative estimate of drug-likeness (QED) is 0.740. The van der Waals surface area contributed by atoms with Crippen LogP contribution in [-0.2, 0) is 0 Å². The molecule has 0 amide bonds. The largest absolute Gasteiger partial charge is 0.287 e. The first-order valence-electron chi connectivity index (χ1n) is 6.06. The lowest BCUT2D eigenvalue weighted by atomic mass is 9.81. The number of aromatic nitrogens is 4. The van der Waals surface area contributed by atoms with Crippen LogP contribution in [-0.4, -0.2) is 19.5 Å². The summed E-state index contributed by atoms with van der Waals surface area (Å²) < 4.78 is 2.03. The van der Waals surface area contributed by atoms with Crippen molar-refractivity contribution in [2.45, 2.75) is 27.2 Å². The Morgan fingerprint density at radius 1 is 1.33 bits per heavy atom. The Balaban J connectivity index is 2.20. The van der Waals surface area contributed by atoms with Crippen LogP contribution < -0.4 is 0 Å². The minimum Gasteiger partial charge on any atom is -0.287 e. The standard InChI is InChI=1S/C13H15ClN4/c1-8-4-5-9(13(8,2)3)18-7-17-10-11(14)15-6-16-12(10)18/h5-8H,4H2,1-3H3. The molecule has 0 bridgehead atoms. The third-order valence-corrected chi connectivity index (χ3v) is 4.38. The van der Waals surface area contributed by atoms with Gasteiger partial charge in [0.15, 0.2) is 10.8 Å². The highest BCUT2D eigenvalue weighted by Gasteiger charge is 2.36. The van der Waals surface area contributed by atoms with E-state index in [0.717, 1.165) is 12.1 Å². The average Bonchev–Trinajstić information content (AvgIpc) is 2.84. The fourth-order valence-corrected chi connectivity index (χ4v) is 2.67. The number of hydrogen-bond donors (Lipinski definition) is 0. The molecular formula is C13H15ClN4. The zero-order valence-corrected chi connectivity index (χ0v) is 11.4. The fourth-order valence-electron chi connectivity index (χ4n) is 2.49. The van der Waals surface area contributed by atoms with Crippen molar-refractivity contribution >= 4 is 28.5 Å². The average molecular weight is 263 g/mol. The number of fused-ring (bicyclic) bond motifs is 1. The molecule has 0 fully saturated rings. The van der Waals surface area contributed by atoms with E-state index in [1.807, 2.05) is 4.57 Å². The summed E-state index contributed by atoms with van der Waals surface area (Å²) in [4.78, 5) is 12.6. The monoisotopic (exact) mass is 262 g/mol. The van der Waals surface area contributed by atoms with E-state index < -0.39 is 0 Å². The second-order valence-electron chi connectivity index (χ2n) is 5.40. The predicted molar refractivity (Wildman–Crippen MR) is 72.2 cm³/mol. The van der Waals surface area contributed by atoms with E-state index in [9.17, 15) is 0 Å². The molecule has 1 unspecified atom stereocenters. The molecule has 3 rings (SSSR count). The smallest absolute Gasteiger partial charge is 0.169 e. The summed E-state index contributed by atoms with van der Waals surface area (Å²) in [7, 11) is 0. The van der Waals surface area contributed by atoms with Crippen LogP contribution in [0.2, 0.25) is 5.15 Å². The lowest BCUT2D eigenvalue weighted by Gasteiger charge is -2.28. The molecule has 0 saturated heterocycles. The van der Waals surface area contributed by atoms with E-state index in [1.54, 1.807) is 6.33 Å². The van der Waals surface area contributed by atoms with Crippen molar-refractivity contribution in [1.29, 1.82) is 0 Å². The molecule has 4 nitrogen and oxygen atoms in total. The Morgan fingerprint density at radius 3 is 2.78 bits per heavy atom. The highest BCUT2D eigenvalue weighted by atomic mass is 35.5. The Kier molecular flexibility index (Phi) is 2.45. The summed E-state index contributed by atoms with van der Waals surface area (Å²) in [5.41, 5.74) is 2.80. The molecule has 2 aromatic heterocycles. The predicted octanol–water partition coefficient (Wildman–Crippen LogP) is 3.39. The minimum atomic E-state index is 0.116. The molecule has 0 aliphatic heterocycles. The van der Waals surface area contributed by atoms with Gasteiger partial charge in [0.25, 0.3) is 0 Å². The number of halogens is 1. The van der Waals surface area contributed by atoms with Gasteiger partial charge >= 0.3 is 0 Å². The van der Waals surface area contributed by atoms with Crippen LogP contribution in [0.25, 0.3) is 16.9 Å². The molecule has 0 spiro atoms. The lowest BCUT2D eigenvalue weighted by Crippen LogP contribution is -2.21. The van der Waals surface area contributed by atoms with E-state index in [4.69, 9.17) is 11.6 Å². The summed E-state index contributed by atoms with van der Waals surface area (Å²) in [5, 5.41) is 0.406. The van der Waals surface area contributed by atoms with Crippen LogP contribution in [0.4, 0.5) is 0 Å². The Morgan fingerprint density at radius 2 is 2.11 bits per heavy atom. The first kappa shape index (κ1) is 11.7. The first-order valence-corrected chi connectivity index (χ1v) is 6.44. The van der Waals surface area contributed by atoms with Crippen molar-refractivity contribution in [3.05, 3.63) is 23.9 Å². The topological polar surface area (TPSA) is 43.6 Å². The van der Waals surface area contributed by atoms with E-state index in [0.29, 0.717) is 16.6 Å². The van der Waals surface area contributed by atoms with Gasteiger partial charge in [0, 0.05) is 11.1 Å². The minimum absolute atomic E-state index is 0.116. The Bertz CT molecular complexity index is 641. The molecule has 2 aromatic rings. The number of allylic oxidation sites excluding steroid dienone is 2. The highest BCUT2D eigenvalue weighted by molar-refractivity contribution is 6.33. The second-order valence-corrected chi connectivity index (χ2v) is 5.76. The molecule has 0 N–H and O–H groups in total. The van der Waals surface area contributed by atoms with Gasteiger partial charge in [0.05, 0.1) is 0 Å². The Labute approximate surface area is 111 Å². The van der Waals surface area contributed by atoms with E-state index in [-0.39, 0.29) is 5.41 Å². The normalized spacial score (nSPS) is 22.4. The van der Waals surface area contributed by atoms with Crippen molar-refractivity contribution in [2.24, 2.45) is 11.3 Å². The molecule has 0 aromatic carbocycles. The van der Waals surface area contributed by atoms with Gasteiger partial charge in [-0.3, -0.25) is 4.57 Å². The van der Waals surface area contributed by atoms with Gasteiger partial charge in [0.2, 0.25) is 0 Å². The molecule has 1 aliphatic carbocycles. The molecule has 0 radical (unpaired) electrons. The van der Waals surface area contributed by atoms with E-state index in [1.165, 1.54) is 12.0 Å². The molecule has 1 atom stereocenters. The van der Waals surface area contributed by atoms with Gasteiger partial charge in [-0.25, -0.2) is 15.0 Å². The zero-order valence-electron chi connectivity index (χ0n) is 10.7. The van der Waals surface area contributed by atoms with Gasteiger partial charge < -0.3 is 0 Å². The molecule has 94 valence electrons. The molecule has 0 saturated carbocycles. The van der Waals surface area contributed by atoms with Crippen LogP contribution in [0.1, 0.15) is 27.2 Å². The number of rotatable bonds is 1. The van der Waals surface area contributed by atoms with E-state index >= 15 is 0 Å². The van der Waals surface area contributed by atoms with Gasteiger partial charge in [-0.15, -0.1) is 0 Å². The van der Waals surface area contributed by atoms with Crippen molar-refractivity contribution in [1.82, 2.24) is 19.5 Å². The maximum atomic E-state index is 6.03. The summed E-state index contributed by atoms with van der Waals surface area (Å²) >= 11 is 6.03. The van der Waals surface area contributed by atoms with Gasteiger partial charge in [0.1, 0.15) is 18.2 Å². The summed E-state index contributed by atoms with van der Waals surface area (Å²) in [6.07, 6.45) is 6.62. The summed E-state index contributed by atoms with van der Waals surface area (Å²) in [6.45, 7) is 6.78. The molecule has 5 heteroatoms. The van der Waals surface area contributed by atoms with Crippen molar-refractivity contribution in [2.75, 3.05) is 0 Å². The SMILES string of the molecule is CC1CC=C(n2cnc3c(Cl)ncnc32)C1(C)C. The fraction of sp³-hybridized carbons (Fsp3) is 0.462. The van der Waals surface area contributed by atoms with Crippen molar-refractivity contribution in [3.8, 4) is 0 Å². The number of hydrogen-bond acceptors (Lipinski definition) is 3. The van der Waals surface area contributed by atoms with Crippen LogP contribution in [0, 0.1) is 11.3 Å². The maximum absolute atomic E-state index is 6.03. The highest BCUT2D eigenvalue weighted by Crippen LogP contribution is 2.46. The van der Waals surface area contributed by atoms with E-state index in [2.05, 4.69) is 41.8 Å². The van der Waals surface area contributed by atoms with Crippen LogP contribution in [0.15, 0.2) is 18.7 Å². The second kappa shape index (κ2) is 3.79. The maximum Gasteiger partial charge on any atom is 0.169 e. The van der Waals surface area contributed by atoms with Crippen LogP contribution in [0.5, 0.6) is 0 Å². The first-order chi connectivity index (χ1) is 8.51. The summed E-state index contributed by atoms with van der Waals surface area (Å²) in [5.74, 6) is 0.613. The van der Waals surface area contributed by atoms with Gasteiger partial charge in [-0.05, 0) is 12.3 Å². The number of imidazole rings is 1. The third-order valence-electron chi connectivity index (χ3n) is 4.11. The van der Waals surface area contributed by atoms with Gasteiger partial charge in [-0.1, -0.05) is 38.4 Å². The van der Waals surface area contributed by atoms with Crippen molar-refractivity contribution < 1.29 is 0 Å². The Hall–Kier alpha value is -1.42. The zero-order chi connectivity index (χ0) is 12.9. The summed E-state index contributed by atoms with van der Waals surface area (Å²) in [6, 6.07) is 0. The molecule has 1 aliphatic rings. The molecule has 18 heavy (non-hydrogen) atoms. The van der Waals surface area contributed by atoms with Crippen LogP contribution in [0.3, 0.4) is 0 Å². The third kappa shape index (κ3) is 1.48. The van der Waals surface area contributed by atoms with Crippen molar-refractivity contribution in [3.63, 3.8) is 0 Å². The molecular weight excluding hydrogens is 248 g/mol.